The van der Waals surface area contributed by atoms with E-state index in [1.807, 2.05) is 76.7 Å². The van der Waals surface area contributed by atoms with Gasteiger partial charge < -0.3 is 4.74 Å². The molecule has 0 fully saturated rings. The van der Waals surface area contributed by atoms with Crippen LogP contribution in [0.25, 0.3) is 0 Å². The first-order valence-corrected chi connectivity index (χ1v) is 14.2. The Bertz CT molecular complexity index is 1670. The van der Waals surface area contributed by atoms with E-state index in [4.69, 9.17) is 26.5 Å². The van der Waals surface area contributed by atoms with Crippen molar-refractivity contribution in [3.63, 3.8) is 0 Å². The number of benzene rings is 4. The summed E-state index contributed by atoms with van der Waals surface area (Å²) in [5.74, 6) is -0.480. The van der Waals surface area contributed by atoms with Crippen LogP contribution in [0.4, 0.5) is 11.4 Å². The minimum absolute atomic E-state index is 0.239. The Balaban J connectivity index is 1.67. The van der Waals surface area contributed by atoms with Gasteiger partial charge in [-0.1, -0.05) is 77.8 Å². The molecule has 40 heavy (non-hydrogen) atoms. The molecule has 0 bridgehead atoms. The predicted octanol–water partition coefficient (Wildman–Crippen LogP) is 7.47. The second-order valence-corrected chi connectivity index (χ2v) is 11.2. The van der Waals surface area contributed by atoms with Crippen LogP contribution in [0.2, 0.25) is 5.02 Å². The summed E-state index contributed by atoms with van der Waals surface area (Å²) < 4.78 is 5.42. The van der Waals surface area contributed by atoms with Gasteiger partial charge in [0, 0.05) is 21.7 Å². The molecule has 200 valence electrons. The number of rotatable bonds is 5. The molecule has 2 aliphatic heterocycles. The molecule has 0 radical (unpaired) electrons. The van der Waals surface area contributed by atoms with Crippen molar-refractivity contribution >= 4 is 51.5 Å². The topological polar surface area (TPSA) is 57.5 Å². The van der Waals surface area contributed by atoms with Crippen LogP contribution in [0.15, 0.2) is 107 Å². The second-order valence-electron chi connectivity index (χ2n) is 9.59. The van der Waals surface area contributed by atoms with Gasteiger partial charge in [-0.05, 0) is 74.5 Å². The Labute approximate surface area is 242 Å². The number of carbonyl (C=O) groups is 1. The highest BCUT2D eigenvalue weighted by atomic mass is 35.5. The minimum Gasteiger partial charge on any atom is -0.461 e. The summed E-state index contributed by atoms with van der Waals surface area (Å²) >= 11 is 7.79. The van der Waals surface area contributed by atoms with Gasteiger partial charge in [0.05, 0.1) is 23.7 Å². The monoisotopic (exact) mass is 566 g/mol. The fraction of sp³-hybridized carbons (Fsp3) is 0.156. The molecule has 0 amide bonds. The number of hydrogen-bond donors (Lipinski definition) is 0. The number of para-hydroxylation sites is 1. The zero-order valence-corrected chi connectivity index (χ0v) is 23.9. The molecule has 0 saturated carbocycles. The van der Waals surface area contributed by atoms with Crippen LogP contribution in [0.3, 0.4) is 0 Å². The van der Waals surface area contributed by atoms with Crippen LogP contribution in [0, 0.1) is 13.8 Å². The Hall–Kier alpha value is -4.07. The summed E-state index contributed by atoms with van der Waals surface area (Å²) in [6.45, 7) is 6.22. The van der Waals surface area contributed by atoms with Crippen molar-refractivity contribution in [1.29, 1.82) is 0 Å². The molecular weight excluding hydrogens is 540 g/mol. The maximum Gasteiger partial charge on any atom is 0.365 e. The Morgan fingerprint density at radius 3 is 2.35 bits per heavy atom. The van der Waals surface area contributed by atoms with E-state index in [1.54, 1.807) is 6.92 Å². The van der Waals surface area contributed by atoms with Crippen molar-refractivity contribution in [3.8, 4) is 0 Å². The molecular formula is C32H27ClN4O2S. The summed E-state index contributed by atoms with van der Waals surface area (Å²) in [5.41, 5.74) is 7.64. The first kappa shape index (κ1) is 26.2. The van der Waals surface area contributed by atoms with Crippen molar-refractivity contribution in [2.24, 2.45) is 10.2 Å². The molecule has 4 aromatic carbocycles. The van der Waals surface area contributed by atoms with Gasteiger partial charge in [0.15, 0.2) is 0 Å². The number of thioether (sulfide) groups is 1. The lowest BCUT2D eigenvalue weighted by atomic mass is 9.90. The highest BCUT2D eigenvalue weighted by Gasteiger charge is 2.56. The first-order chi connectivity index (χ1) is 19.4. The van der Waals surface area contributed by atoms with E-state index in [9.17, 15) is 4.79 Å². The van der Waals surface area contributed by atoms with E-state index in [-0.39, 0.29) is 11.7 Å². The van der Waals surface area contributed by atoms with Crippen molar-refractivity contribution < 1.29 is 9.53 Å². The molecule has 0 N–H and O–H groups in total. The summed E-state index contributed by atoms with van der Waals surface area (Å²) in [7, 11) is 0. The zero-order valence-electron chi connectivity index (χ0n) is 22.3. The van der Waals surface area contributed by atoms with Gasteiger partial charge in [-0.3, -0.25) is 0 Å². The van der Waals surface area contributed by atoms with Gasteiger partial charge in [-0.2, -0.15) is 10.2 Å². The lowest BCUT2D eigenvalue weighted by Gasteiger charge is -2.47. The number of carbonyl (C=O) groups excluding carboxylic acids is 1. The maximum atomic E-state index is 13.2. The van der Waals surface area contributed by atoms with Gasteiger partial charge in [0.1, 0.15) is 0 Å². The van der Waals surface area contributed by atoms with Crippen molar-refractivity contribution in [2.45, 2.75) is 25.8 Å². The first-order valence-electron chi connectivity index (χ1n) is 13.0. The molecule has 0 aromatic heterocycles. The highest BCUT2D eigenvalue weighted by molar-refractivity contribution is 8.16. The zero-order chi connectivity index (χ0) is 27.9. The van der Waals surface area contributed by atoms with Crippen LogP contribution in [-0.2, 0) is 14.5 Å². The molecule has 1 atom stereocenters. The standard InChI is InChI=1S/C32H27ClN4O2S/c1-4-39-31(38)30-35-37(25-14-10-11-23(33)20-25)32(40-30)28-16-9-8-15-26(28)29(27-19-21(2)17-18-22(27)3)34-36(32)24-12-6-5-7-13-24/h5-20H,4H2,1-3H3. The predicted molar refractivity (Wildman–Crippen MR) is 164 cm³/mol. The van der Waals surface area contributed by atoms with Gasteiger partial charge in [-0.15, -0.1) is 0 Å². The van der Waals surface area contributed by atoms with E-state index in [0.717, 1.165) is 44.9 Å². The van der Waals surface area contributed by atoms with Crippen molar-refractivity contribution in [3.05, 3.63) is 130 Å². The third-order valence-electron chi connectivity index (χ3n) is 6.89. The lowest BCUT2D eigenvalue weighted by Crippen LogP contribution is -2.54. The minimum atomic E-state index is -1.08. The third-order valence-corrected chi connectivity index (χ3v) is 8.42. The number of ether oxygens (including phenoxy) is 1. The lowest BCUT2D eigenvalue weighted by molar-refractivity contribution is -0.134. The summed E-state index contributed by atoms with van der Waals surface area (Å²) in [5, 5.41) is 14.8. The maximum absolute atomic E-state index is 13.2. The van der Waals surface area contributed by atoms with Gasteiger partial charge in [-0.25, -0.2) is 14.8 Å². The molecule has 6 rings (SSSR count). The van der Waals surface area contributed by atoms with Crippen molar-refractivity contribution in [2.75, 3.05) is 16.6 Å². The van der Waals surface area contributed by atoms with Crippen molar-refractivity contribution in [1.82, 2.24) is 0 Å². The smallest absolute Gasteiger partial charge is 0.365 e. The summed E-state index contributed by atoms with van der Waals surface area (Å²) in [4.78, 5) is 12.1. The number of fused-ring (bicyclic) bond motifs is 2. The third kappa shape index (κ3) is 4.35. The Morgan fingerprint density at radius 2 is 1.57 bits per heavy atom. The van der Waals surface area contributed by atoms with Gasteiger partial charge in [0.2, 0.25) is 10.0 Å². The molecule has 2 aliphatic rings. The van der Waals surface area contributed by atoms with Crippen LogP contribution < -0.4 is 10.0 Å². The van der Waals surface area contributed by atoms with Gasteiger partial charge >= 0.3 is 5.97 Å². The van der Waals surface area contributed by atoms with E-state index in [2.05, 4.69) is 44.2 Å². The number of halogens is 1. The van der Waals surface area contributed by atoms with Crippen LogP contribution >= 0.6 is 23.4 Å². The molecule has 1 spiro atoms. The Morgan fingerprint density at radius 1 is 0.850 bits per heavy atom. The van der Waals surface area contributed by atoms with Crippen LogP contribution in [0.1, 0.15) is 34.7 Å². The molecule has 6 nitrogen and oxygen atoms in total. The normalized spacial score (nSPS) is 17.9. The van der Waals surface area contributed by atoms with E-state index >= 15 is 0 Å². The number of hydrogen-bond acceptors (Lipinski definition) is 7. The quantitative estimate of drug-likeness (QED) is 0.235. The SMILES string of the molecule is CCOC(=O)C1=NN(c2cccc(Cl)c2)C2(S1)c1ccccc1C(c1cc(C)ccc1C)=NN2c1ccccc1. The summed E-state index contributed by atoms with van der Waals surface area (Å²) in [6.07, 6.45) is 0. The molecule has 4 aromatic rings. The average Bonchev–Trinajstić information content (AvgIpc) is 3.37. The number of nitrogens with zero attached hydrogens (tertiary/aromatic N) is 4. The fourth-order valence-electron chi connectivity index (χ4n) is 5.08. The van der Waals surface area contributed by atoms with Gasteiger partial charge in [0.25, 0.3) is 0 Å². The molecule has 1 unspecified atom stereocenters. The number of hydrazone groups is 2. The van der Waals surface area contributed by atoms with E-state index in [0.29, 0.717) is 5.02 Å². The number of esters is 1. The van der Waals surface area contributed by atoms with Crippen LogP contribution in [0.5, 0.6) is 0 Å². The average molecular weight is 567 g/mol. The molecule has 8 heteroatoms. The number of anilines is 2. The summed E-state index contributed by atoms with van der Waals surface area (Å²) in [6, 6.07) is 32.0. The fourth-order valence-corrected chi connectivity index (χ4v) is 6.55. The van der Waals surface area contributed by atoms with E-state index < -0.39 is 11.0 Å². The Kier molecular flexibility index (Phi) is 6.86. The largest absolute Gasteiger partial charge is 0.461 e. The molecule has 0 saturated heterocycles. The molecule has 0 aliphatic carbocycles. The second kappa shape index (κ2) is 10.5. The highest BCUT2D eigenvalue weighted by Crippen LogP contribution is 2.55. The number of aryl methyl sites for hydroxylation is 2. The van der Waals surface area contributed by atoms with E-state index in [1.165, 1.54) is 11.8 Å². The molecule has 2 heterocycles. The van der Waals surface area contributed by atoms with Crippen LogP contribution in [-0.4, -0.2) is 23.3 Å².